The smallest absolute Gasteiger partial charge is 0.328 e. The third-order valence-electron chi connectivity index (χ3n) is 3.81. The van der Waals surface area contributed by atoms with E-state index in [0.717, 1.165) is 17.7 Å². The molecule has 0 aromatic heterocycles. The number of likely N-dealkylation sites (tertiary alicyclic amines) is 1. The fourth-order valence-corrected chi connectivity index (χ4v) is 2.67. The third-order valence-corrected chi connectivity index (χ3v) is 3.81. The molecule has 1 atom stereocenters. The van der Waals surface area contributed by atoms with E-state index in [-0.39, 0.29) is 11.9 Å². The van der Waals surface area contributed by atoms with Gasteiger partial charge < -0.3 is 14.4 Å². The first-order valence-electron chi connectivity index (χ1n) is 7.16. The molecular formula is C16H21NO4. The van der Waals surface area contributed by atoms with Crippen LogP contribution in [0.25, 0.3) is 0 Å². The Kier molecular flexibility index (Phi) is 5.20. The first-order chi connectivity index (χ1) is 10.2. The van der Waals surface area contributed by atoms with Crippen LogP contribution in [0.3, 0.4) is 0 Å². The summed E-state index contributed by atoms with van der Waals surface area (Å²) in [7, 11) is 2.98. The SMILES string of the molecule is COC(=O)C1CCCN1C(=O)CCc1cccc(OC)c1. The van der Waals surface area contributed by atoms with E-state index < -0.39 is 6.04 Å². The molecule has 1 aromatic carbocycles. The van der Waals surface area contributed by atoms with Gasteiger partial charge in [-0.05, 0) is 37.0 Å². The highest BCUT2D eigenvalue weighted by Gasteiger charge is 2.34. The van der Waals surface area contributed by atoms with Crippen LogP contribution < -0.4 is 4.74 Å². The predicted molar refractivity (Wildman–Crippen MR) is 78.1 cm³/mol. The van der Waals surface area contributed by atoms with Crippen LogP contribution >= 0.6 is 0 Å². The second-order valence-electron chi connectivity index (χ2n) is 5.12. The number of nitrogens with zero attached hydrogens (tertiary/aromatic N) is 1. The van der Waals surface area contributed by atoms with Crippen molar-refractivity contribution in [3.05, 3.63) is 29.8 Å². The number of hydrogen-bond acceptors (Lipinski definition) is 4. The zero-order valence-corrected chi connectivity index (χ0v) is 12.5. The number of ether oxygens (including phenoxy) is 2. The number of amides is 1. The molecule has 2 rings (SSSR count). The number of carbonyl (C=O) groups excluding carboxylic acids is 2. The number of benzene rings is 1. The van der Waals surface area contributed by atoms with Crippen LogP contribution in [0.4, 0.5) is 0 Å². The second kappa shape index (κ2) is 7.11. The second-order valence-corrected chi connectivity index (χ2v) is 5.12. The summed E-state index contributed by atoms with van der Waals surface area (Å²) in [4.78, 5) is 25.6. The molecule has 1 fully saturated rings. The van der Waals surface area contributed by atoms with Gasteiger partial charge in [-0.3, -0.25) is 4.79 Å². The molecular weight excluding hydrogens is 270 g/mol. The normalized spacial score (nSPS) is 17.6. The van der Waals surface area contributed by atoms with E-state index in [4.69, 9.17) is 9.47 Å². The molecule has 1 heterocycles. The average molecular weight is 291 g/mol. The molecule has 1 saturated heterocycles. The number of carbonyl (C=O) groups is 2. The maximum atomic E-state index is 12.3. The Morgan fingerprint density at radius 3 is 2.86 bits per heavy atom. The van der Waals surface area contributed by atoms with Crippen molar-refractivity contribution in [2.45, 2.75) is 31.7 Å². The fourth-order valence-electron chi connectivity index (χ4n) is 2.67. The summed E-state index contributed by atoms with van der Waals surface area (Å²) in [5.41, 5.74) is 1.05. The molecule has 0 saturated carbocycles. The predicted octanol–water partition coefficient (Wildman–Crippen LogP) is 1.79. The lowest BCUT2D eigenvalue weighted by Gasteiger charge is -2.22. The Labute approximate surface area is 124 Å². The summed E-state index contributed by atoms with van der Waals surface area (Å²) >= 11 is 0. The largest absolute Gasteiger partial charge is 0.497 e. The highest BCUT2D eigenvalue weighted by molar-refractivity contribution is 5.85. The topological polar surface area (TPSA) is 55.8 Å². The van der Waals surface area contributed by atoms with Crippen LogP contribution in [0.5, 0.6) is 5.75 Å². The lowest BCUT2D eigenvalue weighted by atomic mass is 10.1. The van der Waals surface area contributed by atoms with E-state index in [0.29, 0.717) is 25.8 Å². The van der Waals surface area contributed by atoms with E-state index in [2.05, 4.69) is 0 Å². The average Bonchev–Trinajstić information content (AvgIpc) is 3.01. The quantitative estimate of drug-likeness (QED) is 0.776. The van der Waals surface area contributed by atoms with Gasteiger partial charge in [0.25, 0.3) is 0 Å². The Balaban J connectivity index is 1.93. The summed E-state index contributed by atoms with van der Waals surface area (Å²) in [6, 6.07) is 7.27. The van der Waals surface area contributed by atoms with Crippen molar-refractivity contribution in [1.29, 1.82) is 0 Å². The molecule has 0 spiro atoms. The first-order valence-corrected chi connectivity index (χ1v) is 7.16. The summed E-state index contributed by atoms with van der Waals surface area (Å²) in [5.74, 6) is 0.474. The minimum absolute atomic E-state index is 0.00530. The van der Waals surface area contributed by atoms with E-state index in [1.165, 1.54) is 7.11 Å². The molecule has 114 valence electrons. The monoisotopic (exact) mass is 291 g/mol. The van der Waals surface area contributed by atoms with Gasteiger partial charge >= 0.3 is 5.97 Å². The molecule has 1 aliphatic heterocycles. The van der Waals surface area contributed by atoms with Crippen molar-refractivity contribution in [2.24, 2.45) is 0 Å². The van der Waals surface area contributed by atoms with Gasteiger partial charge in [0.1, 0.15) is 11.8 Å². The van der Waals surface area contributed by atoms with E-state index in [1.54, 1.807) is 12.0 Å². The van der Waals surface area contributed by atoms with Crippen molar-refractivity contribution in [3.8, 4) is 5.75 Å². The third kappa shape index (κ3) is 3.74. The van der Waals surface area contributed by atoms with Crippen molar-refractivity contribution in [3.63, 3.8) is 0 Å². The number of esters is 1. The van der Waals surface area contributed by atoms with Crippen molar-refractivity contribution in [2.75, 3.05) is 20.8 Å². The number of hydrogen-bond donors (Lipinski definition) is 0. The summed E-state index contributed by atoms with van der Waals surface area (Å²) in [5, 5.41) is 0. The molecule has 1 amide bonds. The van der Waals surface area contributed by atoms with E-state index >= 15 is 0 Å². The van der Waals surface area contributed by atoms with Crippen LogP contribution in [0, 0.1) is 0 Å². The molecule has 5 nitrogen and oxygen atoms in total. The molecule has 21 heavy (non-hydrogen) atoms. The van der Waals surface area contributed by atoms with Gasteiger partial charge in [0.05, 0.1) is 14.2 Å². The Bertz CT molecular complexity index is 515. The molecule has 0 bridgehead atoms. The zero-order chi connectivity index (χ0) is 15.2. The maximum Gasteiger partial charge on any atom is 0.328 e. The zero-order valence-electron chi connectivity index (χ0n) is 12.5. The summed E-state index contributed by atoms with van der Waals surface area (Å²) in [6.45, 7) is 0.636. The molecule has 1 aliphatic rings. The van der Waals surface area contributed by atoms with Crippen LogP contribution in [-0.4, -0.2) is 43.6 Å². The fraction of sp³-hybridized carbons (Fsp3) is 0.500. The minimum Gasteiger partial charge on any atom is -0.497 e. The van der Waals surface area contributed by atoms with Gasteiger partial charge in [0, 0.05) is 13.0 Å². The minimum atomic E-state index is -0.409. The number of methoxy groups -OCH3 is 2. The Morgan fingerprint density at radius 2 is 2.14 bits per heavy atom. The van der Waals surface area contributed by atoms with Crippen molar-refractivity contribution >= 4 is 11.9 Å². The van der Waals surface area contributed by atoms with E-state index in [9.17, 15) is 9.59 Å². The number of aryl methyl sites for hydroxylation is 1. The van der Waals surface area contributed by atoms with Crippen LogP contribution in [0.1, 0.15) is 24.8 Å². The Hall–Kier alpha value is -2.04. The van der Waals surface area contributed by atoms with Crippen LogP contribution in [0.15, 0.2) is 24.3 Å². The first kappa shape index (κ1) is 15.4. The maximum absolute atomic E-state index is 12.3. The van der Waals surface area contributed by atoms with Crippen molar-refractivity contribution < 1.29 is 19.1 Å². The molecule has 1 aromatic rings. The molecule has 0 aliphatic carbocycles. The molecule has 1 unspecified atom stereocenters. The van der Waals surface area contributed by atoms with Gasteiger partial charge in [-0.2, -0.15) is 0 Å². The van der Waals surface area contributed by atoms with Gasteiger partial charge in [-0.15, -0.1) is 0 Å². The van der Waals surface area contributed by atoms with Crippen LogP contribution in [-0.2, 0) is 20.7 Å². The van der Waals surface area contributed by atoms with Gasteiger partial charge in [-0.25, -0.2) is 4.79 Å². The van der Waals surface area contributed by atoms with Gasteiger partial charge in [0.15, 0.2) is 0 Å². The molecule has 0 radical (unpaired) electrons. The standard InChI is InChI=1S/C16H21NO4/c1-20-13-6-3-5-12(11-13)8-9-15(18)17-10-4-7-14(17)16(19)21-2/h3,5-6,11,14H,4,7-10H2,1-2H3. The highest BCUT2D eigenvalue weighted by Crippen LogP contribution is 2.20. The highest BCUT2D eigenvalue weighted by atomic mass is 16.5. The van der Waals surface area contributed by atoms with Crippen molar-refractivity contribution in [1.82, 2.24) is 4.90 Å². The Morgan fingerprint density at radius 1 is 1.33 bits per heavy atom. The van der Waals surface area contributed by atoms with Crippen LogP contribution in [0.2, 0.25) is 0 Å². The summed E-state index contributed by atoms with van der Waals surface area (Å²) < 4.78 is 9.93. The molecule has 0 N–H and O–H groups in total. The van der Waals surface area contributed by atoms with Gasteiger partial charge in [-0.1, -0.05) is 12.1 Å². The summed E-state index contributed by atoms with van der Waals surface area (Å²) in [6.07, 6.45) is 2.57. The molecule has 5 heteroatoms. The lowest BCUT2D eigenvalue weighted by molar-refractivity contribution is -0.150. The van der Waals surface area contributed by atoms with Gasteiger partial charge in [0.2, 0.25) is 5.91 Å². The van der Waals surface area contributed by atoms with E-state index in [1.807, 2.05) is 24.3 Å². The lowest BCUT2D eigenvalue weighted by Crippen LogP contribution is -2.41. The number of rotatable bonds is 5.